The smallest absolute Gasteiger partial charge is 0.308 e. The second-order valence-corrected chi connectivity index (χ2v) is 12.0. The van der Waals surface area contributed by atoms with Crippen LogP contribution in [0.1, 0.15) is 33.1 Å². The minimum atomic E-state index is -1.01. The van der Waals surface area contributed by atoms with Gasteiger partial charge in [0.05, 0.1) is 34.7 Å². The van der Waals surface area contributed by atoms with Gasteiger partial charge in [0, 0.05) is 11.3 Å². The molecule has 2 amide bonds. The van der Waals surface area contributed by atoms with E-state index in [2.05, 4.69) is 16.9 Å². The number of para-hydroxylation sites is 1. The van der Waals surface area contributed by atoms with Gasteiger partial charge in [0.15, 0.2) is 0 Å². The number of likely N-dealkylation sites (tertiary alicyclic amines) is 1. The second-order valence-electron chi connectivity index (χ2n) is 10.1. The van der Waals surface area contributed by atoms with E-state index in [1.54, 1.807) is 15.7 Å². The largest absolute Gasteiger partial charge is 0.481 e. The summed E-state index contributed by atoms with van der Waals surface area (Å²) in [5.74, 6) is -3.34. The van der Waals surface area contributed by atoms with Gasteiger partial charge in [-0.05, 0) is 38.3 Å². The SMILES string of the molecule is C=CCN(Cn1nnc2ccccc21)C(=O)C1N([C@@H](CC)CO)C(=O)[C@@H]2[C@@H](C(=O)O)[C@@]3(C)CCC12S3. The van der Waals surface area contributed by atoms with Crippen LogP contribution in [0.25, 0.3) is 11.0 Å². The molecule has 2 aromatic rings. The molecule has 2 N–H and O–H groups in total. The molecular formula is C25H31N5O5S. The molecule has 36 heavy (non-hydrogen) atoms. The van der Waals surface area contributed by atoms with Crippen LogP contribution in [0.2, 0.25) is 0 Å². The van der Waals surface area contributed by atoms with Gasteiger partial charge in [0.25, 0.3) is 0 Å². The zero-order chi connectivity index (χ0) is 25.8. The zero-order valence-electron chi connectivity index (χ0n) is 20.4. The summed E-state index contributed by atoms with van der Waals surface area (Å²) in [4.78, 5) is 43.7. The summed E-state index contributed by atoms with van der Waals surface area (Å²) in [7, 11) is 0. The molecule has 3 aliphatic rings. The molecule has 2 unspecified atom stereocenters. The number of aliphatic hydroxyl groups excluding tert-OH is 1. The molecule has 0 saturated carbocycles. The molecule has 1 aromatic carbocycles. The number of carbonyl (C=O) groups is 3. The van der Waals surface area contributed by atoms with Crippen LogP contribution in [0.4, 0.5) is 0 Å². The highest BCUT2D eigenvalue weighted by atomic mass is 32.2. The van der Waals surface area contributed by atoms with Crippen molar-refractivity contribution in [1.29, 1.82) is 0 Å². The number of benzene rings is 1. The van der Waals surface area contributed by atoms with Gasteiger partial charge in [-0.3, -0.25) is 14.4 Å². The van der Waals surface area contributed by atoms with Gasteiger partial charge in [-0.2, -0.15) is 0 Å². The summed E-state index contributed by atoms with van der Waals surface area (Å²) >= 11 is 1.48. The van der Waals surface area contributed by atoms with Crippen molar-refractivity contribution in [2.24, 2.45) is 11.8 Å². The minimum Gasteiger partial charge on any atom is -0.481 e. The van der Waals surface area contributed by atoms with E-state index in [0.717, 1.165) is 5.52 Å². The standard InChI is InChI=1S/C25H31N5O5S/c1-4-12-28(14-29-17-9-7-6-8-16(17)26-27-29)22(33)20-25-11-10-24(3,36-25)19(23(34)35)18(25)21(32)30(20)15(5-2)13-31/h4,6-9,15,18-20,31H,1,5,10-14H2,2-3H3,(H,34,35)/t15-,18-,19-,20?,24+,25?/m0/s1. The van der Waals surface area contributed by atoms with E-state index in [4.69, 9.17) is 0 Å². The van der Waals surface area contributed by atoms with Crippen molar-refractivity contribution < 1.29 is 24.6 Å². The minimum absolute atomic E-state index is 0.102. The fourth-order valence-corrected chi connectivity index (χ4v) is 8.89. The summed E-state index contributed by atoms with van der Waals surface area (Å²) in [6, 6.07) is 5.98. The number of rotatable bonds is 9. The lowest BCUT2D eigenvalue weighted by Gasteiger charge is -2.39. The number of aliphatic carboxylic acids is 1. The van der Waals surface area contributed by atoms with E-state index in [9.17, 15) is 24.6 Å². The van der Waals surface area contributed by atoms with Crippen LogP contribution in [0.3, 0.4) is 0 Å². The Kier molecular flexibility index (Phi) is 6.11. The molecule has 2 bridgehead atoms. The Morgan fingerprint density at radius 2 is 2.11 bits per heavy atom. The number of carboxylic acids is 1. The molecule has 11 heteroatoms. The molecule has 3 saturated heterocycles. The molecule has 3 fully saturated rings. The average molecular weight is 514 g/mol. The van der Waals surface area contributed by atoms with E-state index >= 15 is 0 Å². The van der Waals surface area contributed by atoms with E-state index in [1.807, 2.05) is 38.1 Å². The van der Waals surface area contributed by atoms with E-state index in [-0.39, 0.29) is 31.6 Å². The van der Waals surface area contributed by atoms with Crippen molar-refractivity contribution in [2.45, 2.75) is 61.4 Å². The Bertz CT molecular complexity index is 1230. The van der Waals surface area contributed by atoms with Crippen LogP contribution >= 0.6 is 11.8 Å². The summed E-state index contributed by atoms with van der Waals surface area (Å²) < 4.78 is 0.151. The van der Waals surface area contributed by atoms with E-state index < -0.39 is 39.4 Å². The molecular weight excluding hydrogens is 482 g/mol. The number of aliphatic hydroxyl groups is 1. The first-order chi connectivity index (χ1) is 17.2. The van der Waals surface area contributed by atoms with Gasteiger partial charge in [-0.15, -0.1) is 23.4 Å². The number of amides is 2. The predicted octanol–water partition coefficient (Wildman–Crippen LogP) is 1.74. The van der Waals surface area contributed by atoms with Crippen LogP contribution < -0.4 is 0 Å². The lowest BCUT2D eigenvalue weighted by atomic mass is 9.66. The number of nitrogens with zero attached hydrogens (tertiary/aromatic N) is 5. The molecule has 6 atom stereocenters. The molecule has 10 nitrogen and oxygen atoms in total. The molecule has 0 aliphatic carbocycles. The average Bonchev–Trinajstić information content (AvgIpc) is 3.55. The number of hydrogen-bond donors (Lipinski definition) is 2. The number of fused-ring (bicyclic) bond motifs is 2. The fraction of sp³-hybridized carbons (Fsp3) is 0.560. The maximum atomic E-state index is 14.4. The van der Waals surface area contributed by atoms with Gasteiger partial charge < -0.3 is 20.0 Å². The van der Waals surface area contributed by atoms with Crippen molar-refractivity contribution in [3.63, 3.8) is 0 Å². The van der Waals surface area contributed by atoms with Crippen LogP contribution in [-0.2, 0) is 21.1 Å². The lowest BCUT2D eigenvalue weighted by molar-refractivity contribution is -0.151. The Hall–Kier alpha value is -2.92. The van der Waals surface area contributed by atoms with Gasteiger partial charge in [-0.25, -0.2) is 4.68 Å². The Morgan fingerprint density at radius 1 is 1.36 bits per heavy atom. The van der Waals surface area contributed by atoms with Crippen LogP contribution in [0.15, 0.2) is 36.9 Å². The summed E-state index contributed by atoms with van der Waals surface area (Å²) in [5, 5.41) is 28.7. The molecule has 1 spiro atoms. The van der Waals surface area contributed by atoms with Crippen molar-refractivity contribution in [1.82, 2.24) is 24.8 Å². The number of thioether (sulfide) groups is 1. The van der Waals surface area contributed by atoms with Crippen LogP contribution in [0.5, 0.6) is 0 Å². The topological polar surface area (TPSA) is 129 Å². The quantitative estimate of drug-likeness (QED) is 0.485. The first-order valence-electron chi connectivity index (χ1n) is 12.3. The number of carboxylic acid groups (broad SMARTS) is 1. The highest BCUT2D eigenvalue weighted by Gasteiger charge is 2.78. The summed E-state index contributed by atoms with van der Waals surface area (Å²) in [5.41, 5.74) is 1.47. The first kappa shape index (κ1) is 24.8. The normalized spacial score (nSPS) is 31.6. The molecule has 1 aromatic heterocycles. The lowest BCUT2D eigenvalue weighted by Crippen LogP contribution is -2.57. The Labute approximate surface area is 213 Å². The predicted molar refractivity (Wildman–Crippen MR) is 134 cm³/mol. The molecule has 0 radical (unpaired) electrons. The number of carbonyl (C=O) groups excluding carboxylic acids is 2. The summed E-state index contributed by atoms with van der Waals surface area (Å²) in [6.07, 6.45) is 3.25. The van der Waals surface area contributed by atoms with Gasteiger partial charge in [0.1, 0.15) is 18.2 Å². The summed E-state index contributed by atoms with van der Waals surface area (Å²) in [6.45, 7) is 7.58. The maximum absolute atomic E-state index is 14.4. The van der Waals surface area contributed by atoms with Gasteiger partial charge in [0.2, 0.25) is 11.8 Å². The third-order valence-corrected chi connectivity index (χ3v) is 10.2. The molecule has 3 aliphatic heterocycles. The third-order valence-electron chi connectivity index (χ3n) is 8.18. The van der Waals surface area contributed by atoms with Crippen molar-refractivity contribution in [2.75, 3.05) is 13.2 Å². The molecule has 192 valence electrons. The number of hydrogen-bond acceptors (Lipinski definition) is 7. The molecule has 4 heterocycles. The van der Waals surface area contributed by atoms with Gasteiger partial charge >= 0.3 is 5.97 Å². The van der Waals surface area contributed by atoms with E-state index in [1.165, 1.54) is 16.7 Å². The van der Waals surface area contributed by atoms with Crippen LogP contribution in [0, 0.1) is 11.8 Å². The third kappa shape index (κ3) is 3.39. The maximum Gasteiger partial charge on any atom is 0.308 e. The fourth-order valence-electron chi connectivity index (χ4n) is 6.56. The zero-order valence-corrected chi connectivity index (χ0v) is 21.2. The second kappa shape index (κ2) is 8.88. The monoisotopic (exact) mass is 513 g/mol. The van der Waals surface area contributed by atoms with Crippen molar-refractivity contribution in [3.05, 3.63) is 36.9 Å². The highest BCUT2D eigenvalue weighted by Crippen LogP contribution is 2.71. The van der Waals surface area contributed by atoms with Crippen LogP contribution in [-0.4, -0.2) is 87.5 Å². The number of aromatic nitrogens is 3. The first-order valence-corrected chi connectivity index (χ1v) is 13.1. The van der Waals surface area contributed by atoms with E-state index in [0.29, 0.717) is 24.8 Å². The van der Waals surface area contributed by atoms with Crippen molar-refractivity contribution >= 4 is 40.6 Å². The van der Waals surface area contributed by atoms with Gasteiger partial charge in [-0.1, -0.05) is 30.3 Å². The Balaban J connectivity index is 1.58. The van der Waals surface area contributed by atoms with Crippen molar-refractivity contribution in [3.8, 4) is 0 Å². The molecule has 5 rings (SSSR count). The highest BCUT2D eigenvalue weighted by molar-refractivity contribution is 8.02. The Morgan fingerprint density at radius 3 is 2.78 bits per heavy atom.